The topological polar surface area (TPSA) is 80.0 Å². The standard InChI is InChI=1S/C10H16N4O/c1-7-5-9(14-6-8(7)11)13-4-3-10(15)12-2/h5-6H,3-4,11H2,1-2H3,(H,12,15)(H,13,14). The molecule has 0 unspecified atom stereocenters. The van der Waals surface area contributed by atoms with E-state index in [4.69, 9.17) is 5.73 Å². The van der Waals surface area contributed by atoms with Crippen molar-refractivity contribution in [3.63, 3.8) is 0 Å². The minimum atomic E-state index is 0.00895. The minimum absolute atomic E-state index is 0.00895. The van der Waals surface area contributed by atoms with Crippen LogP contribution in [0.15, 0.2) is 12.3 Å². The first-order valence-electron chi connectivity index (χ1n) is 4.80. The maximum Gasteiger partial charge on any atom is 0.221 e. The van der Waals surface area contributed by atoms with Crippen LogP contribution >= 0.6 is 0 Å². The summed E-state index contributed by atoms with van der Waals surface area (Å²) in [5, 5.41) is 5.60. The van der Waals surface area contributed by atoms with Gasteiger partial charge in [-0.15, -0.1) is 0 Å². The number of nitrogens with two attached hydrogens (primary N) is 1. The summed E-state index contributed by atoms with van der Waals surface area (Å²) in [7, 11) is 1.62. The number of anilines is 2. The number of nitrogens with one attached hydrogen (secondary N) is 2. The zero-order chi connectivity index (χ0) is 11.3. The van der Waals surface area contributed by atoms with Gasteiger partial charge in [0.15, 0.2) is 0 Å². The Hall–Kier alpha value is -1.78. The number of pyridine rings is 1. The Labute approximate surface area is 89.1 Å². The van der Waals surface area contributed by atoms with Gasteiger partial charge in [-0.2, -0.15) is 0 Å². The van der Waals surface area contributed by atoms with E-state index < -0.39 is 0 Å². The van der Waals surface area contributed by atoms with Gasteiger partial charge in [-0.3, -0.25) is 4.79 Å². The Morgan fingerprint density at radius 2 is 2.33 bits per heavy atom. The summed E-state index contributed by atoms with van der Waals surface area (Å²) < 4.78 is 0. The van der Waals surface area contributed by atoms with Crippen LogP contribution < -0.4 is 16.4 Å². The average molecular weight is 208 g/mol. The van der Waals surface area contributed by atoms with Crippen LogP contribution in [0.1, 0.15) is 12.0 Å². The predicted octanol–water partition coefficient (Wildman–Crippen LogP) is 0.520. The first-order chi connectivity index (χ1) is 7.13. The quantitative estimate of drug-likeness (QED) is 0.674. The summed E-state index contributed by atoms with van der Waals surface area (Å²) in [6.45, 7) is 2.48. The molecule has 0 aromatic carbocycles. The van der Waals surface area contributed by atoms with E-state index >= 15 is 0 Å². The van der Waals surface area contributed by atoms with Crippen LogP contribution in [0.5, 0.6) is 0 Å². The Kier molecular flexibility index (Phi) is 3.91. The lowest BCUT2D eigenvalue weighted by Crippen LogP contribution is -2.21. The second kappa shape index (κ2) is 5.19. The van der Waals surface area contributed by atoms with E-state index in [0.29, 0.717) is 18.7 Å². The van der Waals surface area contributed by atoms with Crippen LogP contribution in [0.3, 0.4) is 0 Å². The first kappa shape index (κ1) is 11.3. The summed E-state index contributed by atoms with van der Waals surface area (Å²) in [5.41, 5.74) is 7.28. The molecule has 1 amide bonds. The van der Waals surface area contributed by atoms with E-state index in [2.05, 4.69) is 15.6 Å². The maximum atomic E-state index is 10.9. The fourth-order valence-electron chi connectivity index (χ4n) is 1.09. The van der Waals surface area contributed by atoms with E-state index in [1.807, 2.05) is 13.0 Å². The van der Waals surface area contributed by atoms with Crippen LogP contribution in [-0.4, -0.2) is 24.5 Å². The second-order valence-corrected chi connectivity index (χ2v) is 3.28. The molecule has 0 saturated heterocycles. The maximum absolute atomic E-state index is 10.9. The van der Waals surface area contributed by atoms with E-state index in [-0.39, 0.29) is 5.91 Å². The number of carbonyl (C=O) groups is 1. The van der Waals surface area contributed by atoms with E-state index in [1.165, 1.54) is 0 Å². The minimum Gasteiger partial charge on any atom is -0.397 e. The molecule has 82 valence electrons. The highest BCUT2D eigenvalue weighted by Gasteiger charge is 1.99. The lowest BCUT2D eigenvalue weighted by atomic mass is 10.2. The third-order valence-corrected chi connectivity index (χ3v) is 2.09. The molecule has 0 bridgehead atoms. The van der Waals surface area contributed by atoms with Gasteiger partial charge in [-0.25, -0.2) is 4.98 Å². The van der Waals surface area contributed by atoms with Crippen LogP contribution in [-0.2, 0) is 4.79 Å². The highest BCUT2D eigenvalue weighted by Crippen LogP contribution is 2.12. The average Bonchev–Trinajstić information content (AvgIpc) is 2.23. The van der Waals surface area contributed by atoms with E-state index in [1.54, 1.807) is 13.2 Å². The van der Waals surface area contributed by atoms with Gasteiger partial charge < -0.3 is 16.4 Å². The molecular weight excluding hydrogens is 192 g/mol. The number of aryl methyl sites for hydroxylation is 1. The van der Waals surface area contributed by atoms with Gasteiger partial charge in [0.1, 0.15) is 5.82 Å². The summed E-state index contributed by atoms with van der Waals surface area (Å²) in [4.78, 5) is 15.0. The SMILES string of the molecule is CNC(=O)CCNc1cc(C)c(N)cn1. The monoisotopic (exact) mass is 208 g/mol. The molecule has 4 N–H and O–H groups in total. The van der Waals surface area contributed by atoms with Gasteiger partial charge in [-0.1, -0.05) is 0 Å². The third-order valence-electron chi connectivity index (χ3n) is 2.09. The van der Waals surface area contributed by atoms with Gasteiger partial charge >= 0.3 is 0 Å². The molecular formula is C10H16N4O. The Bertz CT molecular complexity index is 351. The van der Waals surface area contributed by atoms with Crippen molar-refractivity contribution in [1.29, 1.82) is 0 Å². The Morgan fingerprint density at radius 1 is 1.60 bits per heavy atom. The molecule has 1 aromatic heterocycles. The zero-order valence-corrected chi connectivity index (χ0v) is 9.00. The molecule has 5 nitrogen and oxygen atoms in total. The molecule has 5 heteroatoms. The number of hydrogen-bond donors (Lipinski definition) is 3. The second-order valence-electron chi connectivity index (χ2n) is 3.28. The molecule has 0 aliphatic carbocycles. The highest BCUT2D eigenvalue weighted by molar-refractivity contribution is 5.76. The number of nitrogens with zero attached hydrogens (tertiary/aromatic N) is 1. The van der Waals surface area contributed by atoms with Crippen molar-refractivity contribution >= 4 is 17.4 Å². The summed E-state index contributed by atoms with van der Waals surface area (Å²) >= 11 is 0. The molecule has 0 radical (unpaired) electrons. The van der Waals surface area contributed by atoms with Crippen molar-refractivity contribution in [2.24, 2.45) is 0 Å². The van der Waals surface area contributed by atoms with Crippen LogP contribution in [0.4, 0.5) is 11.5 Å². The zero-order valence-electron chi connectivity index (χ0n) is 9.00. The molecule has 1 aromatic rings. The number of amides is 1. The van der Waals surface area contributed by atoms with E-state index in [9.17, 15) is 4.79 Å². The van der Waals surface area contributed by atoms with Crippen LogP contribution in [0, 0.1) is 6.92 Å². The Balaban J connectivity index is 2.44. The third kappa shape index (κ3) is 3.46. The van der Waals surface area contributed by atoms with Crippen molar-refractivity contribution in [2.75, 3.05) is 24.6 Å². The Morgan fingerprint density at radius 3 is 2.93 bits per heavy atom. The summed E-state index contributed by atoms with van der Waals surface area (Å²) in [5.74, 6) is 0.750. The molecule has 1 heterocycles. The lowest BCUT2D eigenvalue weighted by Gasteiger charge is -2.06. The van der Waals surface area contributed by atoms with Gasteiger partial charge in [0, 0.05) is 20.0 Å². The molecule has 0 aliphatic rings. The smallest absolute Gasteiger partial charge is 0.221 e. The van der Waals surface area contributed by atoms with Crippen molar-refractivity contribution < 1.29 is 4.79 Å². The van der Waals surface area contributed by atoms with Gasteiger partial charge in [0.2, 0.25) is 5.91 Å². The molecule has 15 heavy (non-hydrogen) atoms. The van der Waals surface area contributed by atoms with E-state index in [0.717, 1.165) is 11.4 Å². The molecule has 0 atom stereocenters. The fourth-order valence-corrected chi connectivity index (χ4v) is 1.09. The predicted molar refractivity (Wildman–Crippen MR) is 60.6 cm³/mol. The number of carbonyl (C=O) groups excluding carboxylic acids is 1. The highest BCUT2D eigenvalue weighted by atomic mass is 16.1. The molecule has 0 spiro atoms. The van der Waals surface area contributed by atoms with Crippen molar-refractivity contribution in [3.05, 3.63) is 17.8 Å². The molecule has 0 fully saturated rings. The largest absolute Gasteiger partial charge is 0.397 e. The normalized spacial score (nSPS) is 9.73. The van der Waals surface area contributed by atoms with Gasteiger partial charge in [-0.05, 0) is 18.6 Å². The number of rotatable bonds is 4. The van der Waals surface area contributed by atoms with Crippen molar-refractivity contribution in [1.82, 2.24) is 10.3 Å². The molecule has 0 aliphatic heterocycles. The van der Waals surface area contributed by atoms with Gasteiger partial charge in [0.25, 0.3) is 0 Å². The van der Waals surface area contributed by atoms with Crippen molar-refractivity contribution in [2.45, 2.75) is 13.3 Å². The first-order valence-corrected chi connectivity index (χ1v) is 4.80. The lowest BCUT2D eigenvalue weighted by molar-refractivity contribution is -0.120. The summed E-state index contributed by atoms with van der Waals surface area (Å²) in [6, 6.07) is 1.86. The number of nitrogen functional groups attached to an aromatic ring is 1. The number of aromatic nitrogens is 1. The van der Waals surface area contributed by atoms with Crippen LogP contribution in [0.25, 0.3) is 0 Å². The number of hydrogen-bond acceptors (Lipinski definition) is 4. The fraction of sp³-hybridized carbons (Fsp3) is 0.400. The van der Waals surface area contributed by atoms with Gasteiger partial charge in [0.05, 0.1) is 11.9 Å². The van der Waals surface area contributed by atoms with Crippen molar-refractivity contribution in [3.8, 4) is 0 Å². The molecule has 0 saturated carbocycles. The van der Waals surface area contributed by atoms with Crippen LogP contribution in [0.2, 0.25) is 0 Å². The molecule has 1 rings (SSSR count). The summed E-state index contributed by atoms with van der Waals surface area (Å²) in [6.07, 6.45) is 2.04.